The van der Waals surface area contributed by atoms with Gasteiger partial charge in [0.2, 0.25) is 0 Å². The minimum atomic E-state index is -0.742. The molecule has 1 saturated carbocycles. The molecule has 1 fully saturated rings. The normalized spacial score (nSPS) is 28.9. The van der Waals surface area contributed by atoms with Gasteiger partial charge in [0.05, 0.1) is 17.4 Å². The van der Waals surface area contributed by atoms with Crippen molar-refractivity contribution in [1.82, 2.24) is 0 Å². The first kappa shape index (κ1) is 20.3. The van der Waals surface area contributed by atoms with Crippen LogP contribution in [-0.4, -0.2) is 30.3 Å². The van der Waals surface area contributed by atoms with Crippen LogP contribution in [0.5, 0.6) is 0 Å². The molecule has 3 atom stereocenters. The molecule has 0 bridgehead atoms. The highest BCUT2D eigenvalue weighted by Crippen LogP contribution is 2.58. The van der Waals surface area contributed by atoms with Crippen molar-refractivity contribution < 1.29 is 19.2 Å². The Labute approximate surface area is 165 Å². The van der Waals surface area contributed by atoms with Gasteiger partial charge in [-0.15, -0.1) is 0 Å². The molecule has 0 aromatic heterocycles. The minimum Gasteiger partial charge on any atom is -0.469 e. The first-order valence-corrected chi connectivity index (χ1v) is 9.87. The number of anilines is 1. The molecule has 0 unspecified atom stereocenters. The quantitative estimate of drug-likeness (QED) is 0.460. The van der Waals surface area contributed by atoms with E-state index in [0.29, 0.717) is 24.2 Å². The maximum absolute atomic E-state index is 13.0. The summed E-state index contributed by atoms with van der Waals surface area (Å²) in [6.07, 6.45) is 3.37. The van der Waals surface area contributed by atoms with Crippen molar-refractivity contribution in [2.45, 2.75) is 58.3 Å². The Kier molecular flexibility index (Phi) is 5.21. The van der Waals surface area contributed by atoms with Gasteiger partial charge in [0.25, 0.3) is 5.69 Å². The highest BCUT2D eigenvalue weighted by molar-refractivity contribution is 6.01. The summed E-state index contributed by atoms with van der Waals surface area (Å²) in [5.74, 6) is -0.618. The second-order valence-corrected chi connectivity index (χ2v) is 8.46. The molecule has 2 aliphatic rings. The summed E-state index contributed by atoms with van der Waals surface area (Å²) in [5, 5.41) is 14.7. The average molecular weight is 388 g/mol. The molecule has 28 heavy (non-hydrogen) atoms. The molecule has 3 rings (SSSR count). The molecule has 0 spiro atoms. The van der Waals surface area contributed by atoms with Gasteiger partial charge >= 0.3 is 5.97 Å². The standard InChI is InChI=1S/C21H28N2O5/c1-5-9-22-15-11-14-13(10-16(15)23(26)27)17(24)12-18-20(14,2)7-6-8-21(18,3)19(25)28-4/h10-11,18,22H,5-9,12H2,1-4H3/t18-,20-,21-/m1/s1. The predicted octanol–water partition coefficient (Wildman–Crippen LogP) is 4.24. The van der Waals surface area contributed by atoms with E-state index >= 15 is 0 Å². The van der Waals surface area contributed by atoms with Crippen LogP contribution in [0.15, 0.2) is 12.1 Å². The number of nitrogens with zero attached hydrogens (tertiary/aromatic N) is 1. The number of rotatable bonds is 5. The number of carbonyl (C=O) groups is 2. The second-order valence-electron chi connectivity index (χ2n) is 8.46. The fourth-order valence-corrected chi connectivity index (χ4v) is 5.26. The summed E-state index contributed by atoms with van der Waals surface area (Å²) in [6.45, 7) is 6.56. The molecular formula is C21H28N2O5. The molecule has 2 aliphatic carbocycles. The molecule has 0 heterocycles. The Hall–Kier alpha value is -2.44. The van der Waals surface area contributed by atoms with Crippen LogP contribution >= 0.6 is 0 Å². The van der Waals surface area contributed by atoms with Crippen molar-refractivity contribution in [1.29, 1.82) is 0 Å². The molecule has 152 valence electrons. The summed E-state index contributed by atoms with van der Waals surface area (Å²) < 4.78 is 5.09. The van der Waals surface area contributed by atoms with Gasteiger partial charge in [0.15, 0.2) is 5.78 Å². The molecule has 0 aliphatic heterocycles. The van der Waals surface area contributed by atoms with Crippen LogP contribution in [0.1, 0.15) is 68.8 Å². The van der Waals surface area contributed by atoms with Crippen molar-refractivity contribution in [3.63, 3.8) is 0 Å². The zero-order chi connectivity index (χ0) is 20.7. The van der Waals surface area contributed by atoms with Crippen LogP contribution in [0.25, 0.3) is 0 Å². The SMILES string of the molecule is CCCNc1cc2c(cc1[N+](=O)[O-])C(=O)C[C@H]1[C@](C)(C(=O)OC)CCC[C@]21C. The summed E-state index contributed by atoms with van der Waals surface area (Å²) >= 11 is 0. The lowest BCUT2D eigenvalue weighted by Crippen LogP contribution is -2.53. The molecular weight excluding hydrogens is 360 g/mol. The van der Waals surface area contributed by atoms with E-state index in [1.807, 2.05) is 13.8 Å². The summed E-state index contributed by atoms with van der Waals surface area (Å²) in [4.78, 5) is 36.7. The van der Waals surface area contributed by atoms with E-state index in [9.17, 15) is 19.7 Å². The van der Waals surface area contributed by atoms with Gasteiger partial charge in [-0.2, -0.15) is 0 Å². The number of Topliss-reactive ketones (excluding diaryl/α,β-unsaturated/α-hetero) is 1. The molecule has 0 radical (unpaired) electrons. The minimum absolute atomic E-state index is 0.0749. The van der Waals surface area contributed by atoms with Gasteiger partial charge in [-0.05, 0) is 49.1 Å². The van der Waals surface area contributed by atoms with Gasteiger partial charge in [0.1, 0.15) is 5.69 Å². The summed E-state index contributed by atoms with van der Waals surface area (Å²) in [5.41, 5.74) is 0.435. The molecule has 1 aromatic rings. The van der Waals surface area contributed by atoms with E-state index in [1.165, 1.54) is 13.2 Å². The highest BCUT2D eigenvalue weighted by Gasteiger charge is 2.57. The van der Waals surface area contributed by atoms with Gasteiger partial charge < -0.3 is 10.1 Å². The van der Waals surface area contributed by atoms with Crippen LogP contribution in [-0.2, 0) is 14.9 Å². The number of hydrogen-bond donors (Lipinski definition) is 1. The van der Waals surface area contributed by atoms with E-state index < -0.39 is 15.8 Å². The third-order valence-electron chi connectivity index (χ3n) is 6.79. The van der Waals surface area contributed by atoms with E-state index in [0.717, 1.165) is 24.8 Å². The Morgan fingerprint density at radius 2 is 2.07 bits per heavy atom. The fraction of sp³-hybridized carbons (Fsp3) is 0.619. The molecule has 1 aromatic carbocycles. The van der Waals surface area contributed by atoms with E-state index in [1.54, 1.807) is 6.07 Å². The van der Waals surface area contributed by atoms with Gasteiger partial charge in [-0.1, -0.05) is 20.3 Å². The number of ketones is 1. The topological polar surface area (TPSA) is 98.5 Å². The molecule has 7 nitrogen and oxygen atoms in total. The Morgan fingerprint density at radius 1 is 1.36 bits per heavy atom. The Morgan fingerprint density at radius 3 is 2.68 bits per heavy atom. The third kappa shape index (κ3) is 2.97. The Bertz CT molecular complexity index is 836. The first-order chi connectivity index (χ1) is 13.2. The predicted molar refractivity (Wildman–Crippen MR) is 106 cm³/mol. The van der Waals surface area contributed by atoms with Gasteiger partial charge in [0, 0.05) is 24.6 Å². The number of methoxy groups -OCH3 is 1. The van der Waals surface area contributed by atoms with E-state index in [-0.39, 0.29) is 29.8 Å². The lowest BCUT2D eigenvalue weighted by Gasteiger charge is -2.53. The number of nitro benzene ring substituents is 1. The fourth-order valence-electron chi connectivity index (χ4n) is 5.26. The number of ether oxygens (including phenoxy) is 1. The zero-order valence-electron chi connectivity index (χ0n) is 17.0. The van der Waals surface area contributed by atoms with E-state index in [2.05, 4.69) is 12.2 Å². The van der Waals surface area contributed by atoms with Crippen molar-refractivity contribution >= 4 is 23.1 Å². The van der Waals surface area contributed by atoms with E-state index in [4.69, 9.17) is 4.74 Å². The number of fused-ring (bicyclic) bond motifs is 3. The lowest BCUT2D eigenvalue weighted by atomic mass is 9.49. The zero-order valence-corrected chi connectivity index (χ0v) is 17.0. The maximum atomic E-state index is 13.0. The van der Waals surface area contributed by atoms with Crippen molar-refractivity contribution in [2.24, 2.45) is 11.3 Å². The third-order valence-corrected chi connectivity index (χ3v) is 6.79. The maximum Gasteiger partial charge on any atom is 0.311 e. The van der Waals surface area contributed by atoms with Gasteiger partial charge in [-0.25, -0.2) is 0 Å². The second kappa shape index (κ2) is 7.18. The van der Waals surface area contributed by atoms with Crippen LogP contribution in [0.3, 0.4) is 0 Å². The molecule has 0 saturated heterocycles. The molecule has 7 heteroatoms. The van der Waals surface area contributed by atoms with Crippen molar-refractivity contribution in [2.75, 3.05) is 19.0 Å². The van der Waals surface area contributed by atoms with Crippen molar-refractivity contribution in [3.05, 3.63) is 33.4 Å². The van der Waals surface area contributed by atoms with Crippen molar-refractivity contribution in [3.8, 4) is 0 Å². The number of hydrogen-bond acceptors (Lipinski definition) is 6. The van der Waals surface area contributed by atoms with Crippen LogP contribution < -0.4 is 5.32 Å². The Balaban J connectivity index is 2.18. The molecule has 0 amide bonds. The highest BCUT2D eigenvalue weighted by atomic mass is 16.6. The van der Waals surface area contributed by atoms with Crippen LogP contribution in [0, 0.1) is 21.4 Å². The number of esters is 1. The number of nitrogens with one attached hydrogen (secondary N) is 1. The smallest absolute Gasteiger partial charge is 0.311 e. The lowest BCUT2D eigenvalue weighted by molar-refractivity contribution is -0.384. The van der Waals surface area contributed by atoms with Crippen LogP contribution in [0.2, 0.25) is 0 Å². The molecule has 1 N–H and O–H groups in total. The first-order valence-electron chi connectivity index (χ1n) is 9.87. The summed E-state index contributed by atoms with van der Waals surface area (Å²) in [7, 11) is 1.38. The summed E-state index contributed by atoms with van der Waals surface area (Å²) in [6, 6.07) is 3.19. The largest absolute Gasteiger partial charge is 0.469 e. The van der Waals surface area contributed by atoms with Crippen LogP contribution in [0.4, 0.5) is 11.4 Å². The monoisotopic (exact) mass is 388 g/mol. The number of benzene rings is 1. The number of carbonyl (C=O) groups excluding carboxylic acids is 2. The van der Waals surface area contributed by atoms with Gasteiger partial charge in [-0.3, -0.25) is 19.7 Å². The average Bonchev–Trinajstić information content (AvgIpc) is 2.67. The number of nitro groups is 1.